The van der Waals surface area contributed by atoms with Crippen molar-refractivity contribution in [2.75, 3.05) is 0 Å². The van der Waals surface area contributed by atoms with Gasteiger partial charge in [0.1, 0.15) is 0 Å². The number of hydrogen-bond acceptors (Lipinski definition) is 4. The molecule has 0 saturated heterocycles. The smallest absolute Gasteiger partial charge is 0.274 e. The molecule has 2 radical (unpaired) electrons. The molecule has 0 saturated carbocycles. The van der Waals surface area contributed by atoms with Gasteiger partial charge < -0.3 is 0 Å². The molecule has 2 amide bonds. The Kier molecular flexibility index (Phi) is 14.9. The molecule has 6 nitrogen and oxygen atoms in total. The molecule has 9 heteroatoms. The normalized spacial score (nSPS) is 9.11. The van der Waals surface area contributed by atoms with Crippen molar-refractivity contribution >= 4 is 56.2 Å². The van der Waals surface area contributed by atoms with Crippen LogP contribution in [0.15, 0.2) is 48.5 Å². The maximum Gasteiger partial charge on any atom is 0.274 e. The minimum Gasteiger partial charge on any atom is -0.288 e. The second kappa shape index (κ2) is 15.7. The van der Waals surface area contributed by atoms with Gasteiger partial charge in [0.2, 0.25) is 0 Å². The molecule has 0 aliphatic heterocycles. The molecule has 146 valence electrons. The number of amides is 2. The molecule has 0 aliphatic carbocycles. The zero-order valence-corrected chi connectivity index (χ0v) is 19.4. The van der Waals surface area contributed by atoms with Gasteiger partial charge in [-0.2, -0.15) is 0 Å². The minimum absolute atomic E-state index is 0.218. The molecule has 0 bridgehead atoms. The SMILES string of the molecule is C[CH2][Sn][CH2]C.O=C(NO)c1ccc(Cl)cc1.O=C(NO)c1ccc(Cl)cc1. The zero-order chi connectivity index (χ0) is 20.7. The maximum absolute atomic E-state index is 10.7. The van der Waals surface area contributed by atoms with Crippen LogP contribution in [0.25, 0.3) is 0 Å². The third-order valence-corrected chi connectivity index (χ3v) is 6.27. The standard InChI is InChI=1S/2C7H6ClNO2.2C2H5.Sn/c2*8-6-3-1-5(2-4-6)7(10)9-11;2*1-2;/h2*1-4,11H,(H,9,10);2*1H2,2H3;. The molecule has 0 heterocycles. The summed E-state index contributed by atoms with van der Waals surface area (Å²) in [5, 5.41) is 17.6. The van der Waals surface area contributed by atoms with Crippen molar-refractivity contribution in [1.82, 2.24) is 11.0 Å². The van der Waals surface area contributed by atoms with Gasteiger partial charge in [0, 0.05) is 21.2 Å². The van der Waals surface area contributed by atoms with Crippen molar-refractivity contribution in [1.29, 1.82) is 0 Å². The predicted molar refractivity (Wildman–Crippen MR) is 108 cm³/mol. The van der Waals surface area contributed by atoms with E-state index in [1.54, 1.807) is 24.3 Å². The zero-order valence-electron chi connectivity index (χ0n) is 15.0. The van der Waals surface area contributed by atoms with E-state index in [2.05, 4.69) is 13.8 Å². The Morgan fingerprint density at radius 3 is 1.26 bits per heavy atom. The topological polar surface area (TPSA) is 98.7 Å². The molecule has 0 spiro atoms. The molecule has 0 aromatic heterocycles. The summed E-state index contributed by atoms with van der Waals surface area (Å²) in [6.07, 6.45) is 0. The Morgan fingerprint density at radius 2 is 1.07 bits per heavy atom. The van der Waals surface area contributed by atoms with E-state index in [0.717, 1.165) is 0 Å². The van der Waals surface area contributed by atoms with Gasteiger partial charge in [-0.1, -0.05) is 23.2 Å². The Morgan fingerprint density at radius 1 is 0.778 bits per heavy atom. The van der Waals surface area contributed by atoms with E-state index in [9.17, 15) is 9.59 Å². The second-order valence-electron chi connectivity index (χ2n) is 4.85. The molecule has 2 aromatic carbocycles. The van der Waals surface area contributed by atoms with Crippen LogP contribution >= 0.6 is 23.2 Å². The number of nitrogens with one attached hydrogen (secondary N) is 2. The average Bonchev–Trinajstić information content (AvgIpc) is 2.69. The third kappa shape index (κ3) is 11.9. The first kappa shape index (κ1) is 25.7. The molecule has 27 heavy (non-hydrogen) atoms. The number of benzene rings is 2. The number of hydrogen-bond donors (Lipinski definition) is 4. The fraction of sp³-hybridized carbons (Fsp3) is 0.222. The summed E-state index contributed by atoms with van der Waals surface area (Å²) in [6.45, 7) is 4.57. The molecule has 4 N–H and O–H groups in total. The average molecular weight is 520 g/mol. The Labute approximate surface area is 179 Å². The fourth-order valence-electron chi connectivity index (χ4n) is 1.58. The van der Waals surface area contributed by atoms with Crippen molar-refractivity contribution in [3.63, 3.8) is 0 Å². The number of hydroxylamine groups is 2. The fourth-order valence-corrected chi connectivity index (χ4v) is 3.26. The molecule has 0 fully saturated rings. The van der Waals surface area contributed by atoms with Gasteiger partial charge >= 0.3 is 43.9 Å². The van der Waals surface area contributed by atoms with E-state index in [1.165, 1.54) is 44.1 Å². The van der Waals surface area contributed by atoms with Gasteiger partial charge in [0.15, 0.2) is 0 Å². The van der Waals surface area contributed by atoms with Crippen molar-refractivity contribution in [3.05, 3.63) is 69.7 Å². The first-order chi connectivity index (χ1) is 12.9. The van der Waals surface area contributed by atoms with E-state index in [-0.39, 0.29) is 21.1 Å². The third-order valence-electron chi connectivity index (χ3n) is 2.92. The summed E-state index contributed by atoms with van der Waals surface area (Å²) in [6, 6.07) is 12.4. The van der Waals surface area contributed by atoms with Crippen LogP contribution in [0.5, 0.6) is 0 Å². The predicted octanol–water partition coefficient (Wildman–Crippen LogP) is 4.49. The first-order valence-electron chi connectivity index (χ1n) is 8.00. The van der Waals surface area contributed by atoms with Gasteiger partial charge in [-0.25, -0.2) is 11.0 Å². The van der Waals surface area contributed by atoms with Crippen molar-refractivity contribution < 1.29 is 20.0 Å². The summed E-state index contributed by atoms with van der Waals surface area (Å²) in [5.41, 5.74) is 3.78. The van der Waals surface area contributed by atoms with Gasteiger partial charge in [0.05, 0.1) is 0 Å². The number of carbonyl (C=O) groups excluding carboxylic acids is 2. The van der Waals surface area contributed by atoms with Crippen LogP contribution in [0.1, 0.15) is 34.6 Å². The van der Waals surface area contributed by atoms with Crippen molar-refractivity contribution in [2.24, 2.45) is 0 Å². The van der Waals surface area contributed by atoms with E-state index < -0.39 is 11.8 Å². The van der Waals surface area contributed by atoms with Gasteiger partial charge in [-0.15, -0.1) is 0 Å². The van der Waals surface area contributed by atoms with Crippen LogP contribution in [0, 0.1) is 0 Å². The maximum atomic E-state index is 10.7. The van der Waals surface area contributed by atoms with Crippen LogP contribution in [0.4, 0.5) is 0 Å². The molecule has 0 aliphatic rings. The summed E-state index contributed by atoms with van der Waals surface area (Å²) in [4.78, 5) is 21.4. The summed E-state index contributed by atoms with van der Waals surface area (Å²) in [7, 11) is 0. The Hall–Kier alpha value is -1.32. The summed E-state index contributed by atoms with van der Waals surface area (Å²) in [5.74, 6) is -1.08. The molecule has 2 aromatic rings. The van der Waals surface area contributed by atoms with Crippen molar-refractivity contribution in [3.8, 4) is 0 Å². The monoisotopic (exact) mass is 520 g/mol. The number of rotatable bonds is 4. The first-order valence-corrected chi connectivity index (χ1v) is 12.8. The van der Waals surface area contributed by atoms with E-state index in [0.29, 0.717) is 21.2 Å². The second-order valence-corrected chi connectivity index (χ2v) is 11.2. The van der Waals surface area contributed by atoms with Crippen LogP contribution in [-0.4, -0.2) is 43.4 Å². The molecule has 0 unspecified atom stereocenters. The van der Waals surface area contributed by atoms with E-state index in [1.807, 2.05) is 0 Å². The Balaban J connectivity index is 0.000000405. The van der Waals surface area contributed by atoms with E-state index in [4.69, 9.17) is 33.6 Å². The van der Waals surface area contributed by atoms with Crippen molar-refractivity contribution in [2.45, 2.75) is 22.7 Å². The van der Waals surface area contributed by atoms with Crippen LogP contribution in [0.3, 0.4) is 0 Å². The van der Waals surface area contributed by atoms with Gasteiger partial charge in [0.25, 0.3) is 11.8 Å². The Bertz CT molecular complexity index is 623. The van der Waals surface area contributed by atoms with Crippen LogP contribution in [0.2, 0.25) is 18.9 Å². The quantitative estimate of drug-likeness (QED) is 0.272. The largest absolute Gasteiger partial charge is 0.288 e. The van der Waals surface area contributed by atoms with Crippen LogP contribution in [-0.2, 0) is 0 Å². The number of carbonyl (C=O) groups is 2. The van der Waals surface area contributed by atoms with E-state index >= 15 is 0 Å². The van der Waals surface area contributed by atoms with Gasteiger partial charge in [-0.05, 0) is 48.5 Å². The summed E-state index contributed by atoms with van der Waals surface area (Å²) < 4.78 is 3.03. The minimum atomic E-state index is -0.540. The number of halogens is 2. The van der Waals surface area contributed by atoms with Crippen LogP contribution < -0.4 is 11.0 Å². The van der Waals surface area contributed by atoms with Gasteiger partial charge in [-0.3, -0.25) is 20.0 Å². The molecule has 2 rings (SSSR count). The molecular weight excluding hydrogens is 498 g/mol. The molecular formula is C18H22Cl2N2O4Sn. The summed E-state index contributed by atoms with van der Waals surface area (Å²) >= 11 is 11.3. The molecule has 0 atom stereocenters.